The van der Waals surface area contributed by atoms with Crippen molar-refractivity contribution in [2.24, 2.45) is 0 Å². The molecule has 0 radical (unpaired) electrons. The van der Waals surface area contributed by atoms with Crippen LogP contribution in [-0.2, 0) is 0 Å². The molecule has 0 bridgehead atoms. The fourth-order valence-corrected chi connectivity index (χ4v) is 2.34. The van der Waals surface area contributed by atoms with Gasteiger partial charge in [-0.15, -0.1) is 10.2 Å². The van der Waals surface area contributed by atoms with E-state index in [1.807, 2.05) is 62.4 Å². The molecule has 3 aromatic rings. The summed E-state index contributed by atoms with van der Waals surface area (Å²) >= 11 is 0. The number of hydrogen-bond acceptors (Lipinski definition) is 5. The average molecular weight is 348 g/mol. The van der Waals surface area contributed by atoms with Crippen LogP contribution in [0.2, 0.25) is 0 Å². The number of nitrogens with zero attached hydrogens (tertiary/aromatic N) is 2. The van der Waals surface area contributed by atoms with E-state index in [9.17, 15) is 4.79 Å². The molecule has 2 aromatic carbocycles. The molecule has 0 unspecified atom stereocenters. The van der Waals surface area contributed by atoms with Gasteiger partial charge in [0.05, 0.1) is 12.3 Å². The molecule has 0 saturated heterocycles. The highest BCUT2D eigenvalue weighted by Crippen LogP contribution is 2.26. The van der Waals surface area contributed by atoms with E-state index in [0.717, 1.165) is 22.7 Å². The number of hydrogen-bond donors (Lipinski definition) is 2. The standard InChI is InChI=1S/C20H20N4O2/c1-3-26-18-7-5-4-6-16(18)22-19-13-12-17(23-24-19)20(25)21-15-10-8-14(2)9-11-15/h4-13H,3H2,1-2H3,(H,21,25)(H,22,24). The molecule has 1 amide bonds. The molecule has 0 aliphatic carbocycles. The number of nitrogens with one attached hydrogen (secondary N) is 2. The van der Waals surface area contributed by atoms with Crippen molar-refractivity contribution in [2.45, 2.75) is 13.8 Å². The second kappa shape index (κ2) is 8.11. The van der Waals surface area contributed by atoms with Gasteiger partial charge in [0.1, 0.15) is 5.75 Å². The molecule has 6 heteroatoms. The SMILES string of the molecule is CCOc1ccccc1Nc1ccc(C(=O)Nc2ccc(C)cc2)nn1. The largest absolute Gasteiger partial charge is 0.492 e. The van der Waals surface area contributed by atoms with Crippen molar-refractivity contribution in [2.75, 3.05) is 17.2 Å². The summed E-state index contributed by atoms with van der Waals surface area (Å²) in [6.45, 7) is 4.49. The second-order valence-corrected chi connectivity index (χ2v) is 5.68. The molecule has 1 aromatic heterocycles. The molecule has 0 saturated carbocycles. The Bertz CT molecular complexity index is 877. The Kier molecular flexibility index (Phi) is 5.43. The van der Waals surface area contributed by atoms with E-state index in [-0.39, 0.29) is 11.6 Å². The zero-order valence-corrected chi connectivity index (χ0v) is 14.7. The molecule has 1 heterocycles. The van der Waals surface area contributed by atoms with Gasteiger partial charge in [-0.1, -0.05) is 29.8 Å². The molecule has 0 atom stereocenters. The molecule has 2 N–H and O–H groups in total. The van der Waals surface area contributed by atoms with Crippen LogP contribution in [0.5, 0.6) is 5.75 Å². The number of anilines is 3. The van der Waals surface area contributed by atoms with E-state index in [1.54, 1.807) is 12.1 Å². The fourth-order valence-electron chi connectivity index (χ4n) is 2.34. The van der Waals surface area contributed by atoms with Crippen LogP contribution >= 0.6 is 0 Å². The first-order valence-corrected chi connectivity index (χ1v) is 8.36. The smallest absolute Gasteiger partial charge is 0.276 e. The topological polar surface area (TPSA) is 76.1 Å². The Morgan fingerprint density at radius 3 is 2.46 bits per heavy atom. The second-order valence-electron chi connectivity index (χ2n) is 5.68. The third kappa shape index (κ3) is 4.36. The van der Waals surface area contributed by atoms with Gasteiger partial charge in [-0.2, -0.15) is 0 Å². The molecular formula is C20H20N4O2. The van der Waals surface area contributed by atoms with Crippen molar-refractivity contribution in [3.63, 3.8) is 0 Å². The van der Waals surface area contributed by atoms with Crippen molar-refractivity contribution >= 4 is 23.1 Å². The number of carbonyl (C=O) groups is 1. The van der Waals surface area contributed by atoms with E-state index in [1.165, 1.54) is 0 Å². The minimum absolute atomic E-state index is 0.245. The average Bonchev–Trinajstić information content (AvgIpc) is 2.66. The lowest BCUT2D eigenvalue weighted by atomic mass is 10.2. The zero-order chi connectivity index (χ0) is 18.4. The summed E-state index contributed by atoms with van der Waals surface area (Å²) in [7, 11) is 0. The number of aromatic nitrogens is 2. The van der Waals surface area contributed by atoms with Crippen LogP contribution < -0.4 is 15.4 Å². The van der Waals surface area contributed by atoms with Crippen LogP contribution in [0.15, 0.2) is 60.7 Å². The summed E-state index contributed by atoms with van der Waals surface area (Å²) in [6.07, 6.45) is 0. The van der Waals surface area contributed by atoms with E-state index in [4.69, 9.17) is 4.74 Å². The Hall–Kier alpha value is -3.41. The monoisotopic (exact) mass is 348 g/mol. The maximum atomic E-state index is 12.3. The summed E-state index contributed by atoms with van der Waals surface area (Å²) < 4.78 is 5.57. The highest BCUT2D eigenvalue weighted by Gasteiger charge is 2.10. The van der Waals surface area contributed by atoms with E-state index < -0.39 is 0 Å². The van der Waals surface area contributed by atoms with Crippen LogP contribution in [0.1, 0.15) is 23.0 Å². The van der Waals surface area contributed by atoms with Gasteiger partial charge in [0.15, 0.2) is 11.5 Å². The summed E-state index contributed by atoms with van der Waals surface area (Å²) in [5.41, 5.74) is 2.88. The zero-order valence-electron chi connectivity index (χ0n) is 14.7. The van der Waals surface area contributed by atoms with Crippen LogP contribution in [0.3, 0.4) is 0 Å². The Balaban J connectivity index is 1.68. The van der Waals surface area contributed by atoms with Crippen molar-refractivity contribution in [3.05, 3.63) is 71.9 Å². The lowest BCUT2D eigenvalue weighted by molar-refractivity contribution is 0.102. The number of benzene rings is 2. The Labute approximate surface area is 152 Å². The maximum absolute atomic E-state index is 12.3. The normalized spacial score (nSPS) is 10.2. The Morgan fingerprint density at radius 1 is 1.00 bits per heavy atom. The first-order valence-electron chi connectivity index (χ1n) is 8.36. The van der Waals surface area contributed by atoms with Gasteiger partial charge in [-0.05, 0) is 50.2 Å². The summed E-state index contributed by atoms with van der Waals surface area (Å²) in [5, 5.41) is 14.0. The number of rotatable bonds is 6. The summed E-state index contributed by atoms with van der Waals surface area (Å²) in [6, 6.07) is 18.5. The molecule has 132 valence electrons. The quantitative estimate of drug-likeness (QED) is 0.699. The first-order chi connectivity index (χ1) is 12.7. The van der Waals surface area contributed by atoms with E-state index >= 15 is 0 Å². The minimum Gasteiger partial charge on any atom is -0.492 e. The van der Waals surface area contributed by atoms with Crippen LogP contribution in [0, 0.1) is 6.92 Å². The predicted octanol–water partition coefficient (Wildman–Crippen LogP) is 4.18. The van der Waals surface area contributed by atoms with Gasteiger partial charge in [0.2, 0.25) is 0 Å². The minimum atomic E-state index is -0.303. The van der Waals surface area contributed by atoms with Crippen molar-refractivity contribution in [3.8, 4) is 5.75 Å². The van der Waals surface area contributed by atoms with Crippen molar-refractivity contribution in [1.29, 1.82) is 0 Å². The van der Waals surface area contributed by atoms with Gasteiger partial charge in [0, 0.05) is 5.69 Å². The van der Waals surface area contributed by atoms with Gasteiger partial charge in [0.25, 0.3) is 5.91 Å². The highest BCUT2D eigenvalue weighted by molar-refractivity contribution is 6.02. The first kappa shape index (κ1) is 17.4. The lowest BCUT2D eigenvalue weighted by Crippen LogP contribution is -2.14. The molecule has 0 aliphatic heterocycles. The van der Waals surface area contributed by atoms with Crippen molar-refractivity contribution in [1.82, 2.24) is 10.2 Å². The predicted molar refractivity (Wildman–Crippen MR) is 102 cm³/mol. The summed E-state index contributed by atoms with van der Waals surface area (Å²) in [4.78, 5) is 12.3. The van der Waals surface area contributed by atoms with Crippen LogP contribution in [0.4, 0.5) is 17.2 Å². The molecule has 0 spiro atoms. The summed E-state index contributed by atoms with van der Waals surface area (Å²) in [5.74, 6) is 0.963. The number of para-hydroxylation sites is 2. The van der Waals surface area contributed by atoms with Gasteiger partial charge in [-0.3, -0.25) is 4.79 Å². The van der Waals surface area contributed by atoms with Crippen LogP contribution in [0.25, 0.3) is 0 Å². The Morgan fingerprint density at radius 2 is 1.77 bits per heavy atom. The number of carbonyl (C=O) groups excluding carboxylic acids is 1. The molecule has 0 aliphatic rings. The third-order valence-corrected chi connectivity index (χ3v) is 3.66. The molecule has 26 heavy (non-hydrogen) atoms. The van der Waals surface area contributed by atoms with Crippen LogP contribution in [-0.4, -0.2) is 22.7 Å². The van der Waals surface area contributed by atoms with E-state index in [0.29, 0.717) is 12.4 Å². The number of aryl methyl sites for hydroxylation is 1. The molecular weight excluding hydrogens is 328 g/mol. The lowest BCUT2D eigenvalue weighted by Gasteiger charge is -2.11. The van der Waals surface area contributed by atoms with Gasteiger partial charge in [-0.25, -0.2) is 0 Å². The number of amides is 1. The van der Waals surface area contributed by atoms with Gasteiger partial charge >= 0.3 is 0 Å². The van der Waals surface area contributed by atoms with E-state index in [2.05, 4.69) is 20.8 Å². The molecule has 3 rings (SSSR count). The van der Waals surface area contributed by atoms with Gasteiger partial charge < -0.3 is 15.4 Å². The maximum Gasteiger partial charge on any atom is 0.276 e. The molecule has 6 nitrogen and oxygen atoms in total. The van der Waals surface area contributed by atoms with Crippen molar-refractivity contribution < 1.29 is 9.53 Å². The number of ether oxygens (including phenoxy) is 1. The fraction of sp³-hybridized carbons (Fsp3) is 0.150. The third-order valence-electron chi connectivity index (χ3n) is 3.66. The highest BCUT2D eigenvalue weighted by atomic mass is 16.5. The molecule has 0 fully saturated rings.